The Morgan fingerprint density at radius 2 is 1.86 bits per heavy atom. The van der Waals surface area contributed by atoms with E-state index in [0.717, 1.165) is 26.2 Å². The predicted octanol–water partition coefficient (Wildman–Crippen LogP) is 1.33. The van der Waals surface area contributed by atoms with Crippen LogP contribution < -0.4 is 5.73 Å². The van der Waals surface area contributed by atoms with Gasteiger partial charge in [0.2, 0.25) is 0 Å². The van der Waals surface area contributed by atoms with E-state index >= 15 is 0 Å². The average molecular weight is 202 g/mol. The molecule has 1 atom stereocenters. The smallest absolute Gasteiger partial charge is 0.0589 e. The lowest BCUT2D eigenvalue weighted by Gasteiger charge is -2.27. The highest BCUT2D eigenvalue weighted by Gasteiger charge is 2.10. The van der Waals surface area contributed by atoms with Crippen molar-refractivity contribution < 1.29 is 4.74 Å². The Hall–Kier alpha value is -0.120. The van der Waals surface area contributed by atoms with Crippen molar-refractivity contribution in [2.75, 3.05) is 33.4 Å². The van der Waals surface area contributed by atoms with Crippen LogP contribution in [0.1, 0.15) is 27.2 Å². The SMILES string of the molecule is COCCN(CCC(C)CN)C(C)C. The molecular formula is C11H26N2O. The third kappa shape index (κ3) is 6.35. The molecule has 0 aliphatic heterocycles. The number of hydrogen-bond acceptors (Lipinski definition) is 3. The first-order chi connectivity index (χ1) is 6.61. The molecule has 3 heteroatoms. The lowest BCUT2D eigenvalue weighted by molar-refractivity contribution is 0.125. The van der Waals surface area contributed by atoms with Crippen LogP contribution in [0.15, 0.2) is 0 Å². The zero-order valence-electron chi connectivity index (χ0n) is 10.1. The van der Waals surface area contributed by atoms with Crippen LogP contribution in [0.5, 0.6) is 0 Å². The maximum atomic E-state index is 5.59. The van der Waals surface area contributed by atoms with Crippen LogP contribution >= 0.6 is 0 Å². The van der Waals surface area contributed by atoms with Crippen LogP contribution in [0.25, 0.3) is 0 Å². The lowest BCUT2D eigenvalue weighted by Crippen LogP contribution is -2.35. The van der Waals surface area contributed by atoms with E-state index in [0.29, 0.717) is 12.0 Å². The van der Waals surface area contributed by atoms with Gasteiger partial charge >= 0.3 is 0 Å². The van der Waals surface area contributed by atoms with Crippen molar-refractivity contribution in [3.05, 3.63) is 0 Å². The van der Waals surface area contributed by atoms with E-state index in [-0.39, 0.29) is 0 Å². The van der Waals surface area contributed by atoms with E-state index in [1.165, 1.54) is 6.42 Å². The molecule has 14 heavy (non-hydrogen) atoms. The summed E-state index contributed by atoms with van der Waals surface area (Å²) in [4.78, 5) is 2.44. The predicted molar refractivity (Wildman–Crippen MR) is 61.4 cm³/mol. The van der Waals surface area contributed by atoms with Gasteiger partial charge in [-0.3, -0.25) is 4.90 Å². The number of nitrogens with zero attached hydrogens (tertiary/aromatic N) is 1. The summed E-state index contributed by atoms with van der Waals surface area (Å²) in [5.41, 5.74) is 5.59. The molecule has 0 aliphatic carbocycles. The first-order valence-corrected chi connectivity index (χ1v) is 5.54. The molecule has 0 aromatic rings. The van der Waals surface area contributed by atoms with Gasteiger partial charge in [-0.05, 0) is 39.3 Å². The number of rotatable bonds is 8. The zero-order chi connectivity index (χ0) is 11.0. The van der Waals surface area contributed by atoms with Gasteiger partial charge in [0.1, 0.15) is 0 Å². The van der Waals surface area contributed by atoms with Gasteiger partial charge in [0.05, 0.1) is 6.61 Å². The Balaban J connectivity index is 3.73. The summed E-state index contributed by atoms with van der Waals surface area (Å²) in [7, 11) is 1.75. The average Bonchev–Trinajstić information content (AvgIpc) is 2.16. The van der Waals surface area contributed by atoms with Gasteiger partial charge in [-0.1, -0.05) is 6.92 Å². The fourth-order valence-electron chi connectivity index (χ4n) is 1.34. The van der Waals surface area contributed by atoms with E-state index in [4.69, 9.17) is 10.5 Å². The molecule has 3 nitrogen and oxygen atoms in total. The molecule has 0 rings (SSSR count). The van der Waals surface area contributed by atoms with Crippen LogP contribution in [0.3, 0.4) is 0 Å². The summed E-state index contributed by atoms with van der Waals surface area (Å²) in [6, 6.07) is 0.593. The van der Waals surface area contributed by atoms with E-state index in [1.807, 2.05) is 0 Å². The summed E-state index contributed by atoms with van der Waals surface area (Å²) in [6.07, 6.45) is 1.18. The molecule has 0 saturated heterocycles. The topological polar surface area (TPSA) is 38.5 Å². The van der Waals surface area contributed by atoms with Crippen molar-refractivity contribution in [1.29, 1.82) is 0 Å². The van der Waals surface area contributed by atoms with Crippen LogP contribution in [0.2, 0.25) is 0 Å². The second kappa shape index (κ2) is 8.21. The van der Waals surface area contributed by atoms with E-state index < -0.39 is 0 Å². The standard InChI is InChI=1S/C11H26N2O/c1-10(2)13(7-8-14-4)6-5-11(3)9-12/h10-11H,5-9,12H2,1-4H3. The van der Waals surface area contributed by atoms with Gasteiger partial charge in [-0.15, -0.1) is 0 Å². The second-order valence-electron chi connectivity index (χ2n) is 4.25. The van der Waals surface area contributed by atoms with Crippen LogP contribution in [-0.2, 0) is 4.74 Å². The van der Waals surface area contributed by atoms with E-state index in [2.05, 4.69) is 25.7 Å². The largest absolute Gasteiger partial charge is 0.383 e. The Morgan fingerprint density at radius 1 is 1.21 bits per heavy atom. The number of methoxy groups -OCH3 is 1. The van der Waals surface area contributed by atoms with E-state index in [9.17, 15) is 0 Å². The molecule has 0 aliphatic rings. The van der Waals surface area contributed by atoms with Crippen molar-refractivity contribution >= 4 is 0 Å². The quantitative estimate of drug-likeness (QED) is 0.645. The third-order valence-electron chi connectivity index (χ3n) is 2.62. The molecule has 2 N–H and O–H groups in total. The summed E-state index contributed by atoms with van der Waals surface area (Å²) in [5, 5.41) is 0. The molecule has 86 valence electrons. The second-order valence-corrected chi connectivity index (χ2v) is 4.25. The van der Waals surface area contributed by atoms with Crippen molar-refractivity contribution in [2.45, 2.75) is 33.2 Å². The van der Waals surface area contributed by atoms with Gasteiger partial charge in [-0.2, -0.15) is 0 Å². The summed E-state index contributed by atoms with van der Waals surface area (Å²) < 4.78 is 5.09. The van der Waals surface area contributed by atoms with Crippen LogP contribution in [0.4, 0.5) is 0 Å². The summed E-state index contributed by atoms with van der Waals surface area (Å²) in [6.45, 7) is 10.4. The molecule has 0 heterocycles. The maximum Gasteiger partial charge on any atom is 0.0589 e. The highest BCUT2D eigenvalue weighted by atomic mass is 16.5. The molecule has 0 bridgehead atoms. The monoisotopic (exact) mass is 202 g/mol. The highest BCUT2D eigenvalue weighted by molar-refractivity contribution is 4.65. The maximum absolute atomic E-state index is 5.59. The normalized spacial score (nSPS) is 13.9. The minimum atomic E-state index is 0.593. The fraction of sp³-hybridized carbons (Fsp3) is 1.00. The van der Waals surface area contributed by atoms with E-state index in [1.54, 1.807) is 7.11 Å². The molecule has 0 spiro atoms. The molecule has 0 saturated carbocycles. The van der Waals surface area contributed by atoms with Crippen molar-refractivity contribution in [3.63, 3.8) is 0 Å². The summed E-state index contributed by atoms with van der Waals surface area (Å²) in [5.74, 6) is 0.624. The highest BCUT2D eigenvalue weighted by Crippen LogP contribution is 2.05. The van der Waals surface area contributed by atoms with Crippen molar-refractivity contribution in [2.24, 2.45) is 11.7 Å². The molecule has 0 aromatic carbocycles. The first kappa shape index (κ1) is 13.9. The van der Waals surface area contributed by atoms with Crippen LogP contribution in [-0.4, -0.2) is 44.3 Å². The van der Waals surface area contributed by atoms with Crippen molar-refractivity contribution in [1.82, 2.24) is 4.90 Å². The Bertz CT molecular complexity index is 128. The van der Waals surface area contributed by atoms with Crippen LogP contribution in [0, 0.1) is 5.92 Å². The zero-order valence-corrected chi connectivity index (χ0v) is 10.1. The molecule has 0 amide bonds. The Labute approximate surface area is 88.6 Å². The minimum absolute atomic E-state index is 0.593. The molecule has 0 radical (unpaired) electrons. The van der Waals surface area contributed by atoms with Gasteiger partial charge in [-0.25, -0.2) is 0 Å². The number of hydrogen-bond donors (Lipinski definition) is 1. The van der Waals surface area contributed by atoms with Crippen molar-refractivity contribution in [3.8, 4) is 0 Å². The molecule has 1 unspecified atom stereocenters. The minimum Gasteiger partial charge on any atom is -0.383 e. The summed E-state index contributed by atoms with van der Waals surface area (Å²) >= 11 is 0. The number of ether oxygens (including phenoxy) is 1. The molecule has 0 aromatic heterocycles. The third-order valence-corrected chi connectivity index (χ3v) is 2.62. The van der Waals surface area contributed by atoms with Gasteiger partial charge in [0.25, 0.3) is 0 Å². The lowest BCUT2D eigenvalue weighted by atomic mass is 10.1. The Morgan fingerprint density at radius 3 is 2.29 bits per heavy atom. The van der Waals surface area contributed by atoms with Gasteiger partial charge in [0.15, 0.2) is 0 Å². The molecule has 0 fully saturated rings. The fourth-order valence-corrected chi connectivity index (χ4v) is 1.34. The van der Waals surface area contributed by atoms with Gasteiger partial charge in [0, 0.05) is 19.7 Å². The Kier molecular flexibility index (Phi) is 8.14. The molecular weight excluding hydrogens is 176 g/mol. The van der Waals surface area contributed by atoms with Gasteiger partial charge < -0.3 is 10.5 Å². The number of nitrogens with two attached hydrogens (primary N) is 1. The first-order valence-electron chi connectivity index (χ1n) is 5.54.